The summed E-state index contributed by atoms with van der Waals surface area (Å²) in [6.45, 7) is 2.79. The Morgan fingerprint density at radius 2 is 1.72 bits per heavy atom. The van der Waals surface area contributed by atoms with Gasteiger partial charge in [-0.3, -0.25) is 9.52 Å². The molecule has 3 rings (SSSR count). The zero-order valence-electron chi connectivity index (χ0n) is 20.2. The van der Waals surface area contributed by atoms with Crippen molar-refractivity contribution in [2.75, 3.05) is 43.3 Å². The highest BCUT2D eigenvalue weighted by atomic mass is 32.2. The lowest BCUT2D eigenvalue weighted by Crippen LogP contribution is -2.50. The summed E-state index contributed by atoms with van der Waals surface area (Å²) in [7, 11) is -3.88. The number of sulfonamides is 1. The molecular weight excluding hydrogens is 503 g/mol. The number of nitrogens with zero attached hydrogens (tertiary/aromatic N) is 2. The van der Waals surface area contributed by atoms with E-state index in [9.17, 15) is 31.2 Å². The molecule has 202 valence electrons. The fourth-order valence-electron chi connectivity index (χ4n) is 4.41. The van der Waals surface area contributed by atoms with E-state index in [1.165, 1.54) is 41.5 Å². The quantitative estimate of drug-likeness (QED) is 0.508. The van der Waals surface area contributed by atoms with E-state index in [0.717, 1.165) is 18.6 Å². The van der Waals surface area contributed by atoms with Crippen LogP contribution in [-0.2, 0) is 14.8 Å². The van der Waals surface area contributed by atoms with Gasteiger partial charge in [0.25, 0.3) is 5.91 Å². The van der Waals surface area contributed by atoms with Gasteiger partial charge in [-0.25, -0.2) is 13.2 Å². The van der Waals surface area contributed by atoms with E-state index in [1.807, 2.05) is 0 Å². The Balaban J connectivity index is 1.60. The zero-order valence-corrected chi connectivity index (χ0v) is 21.0. The molecule has 0 spiro atoms. The molecule has 2 aliphatic rings. The molecule has 2 fully saturated rings. The third-order valence-corrected chi connectivity index (χ3v) is 7.72. The highest BCUT2D eigenvalue weighted by molar-refractivity contribution is 7.92. The van der Waals surface area contributed by atoms with Crippen LogP contribution < -0.4 is 9.46 Å². The van der Waals surface area contributed by atoms with E-state index < -0.39 is 39.8 Å². The van der Waals surface area contributed by atoms with Crippen molar-refractivity contribution in [3.63, 3.8) is 0 Å². The summed E-state index contributed by atoms with van der Waals surface area (Å²) < 4.78 is 74.3. The standard InChI is InChI=1S/C23H32F3N3O6S/c1-2-15-36(32,33)27-19-8-7-18(16-20(19)35-23(24,25)26)21(30)28-10-12-29(13-11-28)22(31)34-14-9-17-5-3-4-6-17/h7-8,16-17,27H,2-6,9-15H2,1H3. The average Bonchev–Trinajstić information content (AvgIpc) is 3.32. The number of piperazine rings is 1. The molecule has 0 radical (unpaired) electrons. The lowest BCUT2D eigenvalue weighted by Gasteiger charge is -2.34. The molecular formula is C23H32F3N3O6S. The number of hydrogen-bond donors (Lipinski definition) is 1. The minimum Gasteiger partial charge on any atom is -0.449 e. The largest absolute Gasteiger partial charge is 0.573 e. The second kappa shape index (κ2) is 12.0. The molecule has 1 aliphatic carbocycles. The first-order valence-electron chi connectivity index (χ1n) is 12.1. The third kappa shape index (κ3) is 8.17. The molecule has 2 amide bonds. The van der Waals surface area contributed by atoms with Crippen molar-refractivity contribution in [3.05, 3.63) is 23.8 Å². The van der Waals surface area contributed by atoms with Crippen LogP contribution in [0.25, 0.3) is 0 Å². The van der Waals surface area contributed by atoms with Gasteiger partial charge in [0, 0.05) is 31.7 Å². The molecule has 1 heterocycles. The van der Waals surface area contributed by atoms with Crippen LogP contribution in [0.2, 0.25) is 0 Å². The Morgan fingerprint density at radius 3 is 2.33 bits per heavy atom. The molecule has 36 heavy (non-hydrogen) atoms. The van der Waals surface area contributed by atoms with Crippen molar-refractivity contribution in [2.45, 2.75) is 51.8 Å². The summed E-state index contributed by atoms with van der Waals surface area (Å²) in [4.78, 5) is 28.2. The minimum atomic E-state index is -5.09. The van der Waals surface area contributed by atoms with Gasteiger partial charge in [0.1, 0.15) is 0 Å². The van der Waals surface area contributed by atoms with Gasteiger partial charge in [-0.1, -0.05) is 32.6 Å². The molecule has 0 aromatic heterocycles. The Bertz CT molecular complexity index is 1020. The van der Waals surface area contributed by atoms with Crippen LogP contribution in [0.1, 0.15) is 55.8 Å². The number of hydrogen-bond acceptors (Lipinski definition) is 6. The monoisotopic (exact) mass is 535 g/mol. The number of carbonyl (C=O) groups is 2. The molecule has 13 heteroatoms. The molecule has 0 unspecified atom stereocenters. The maximum atomic E-state index is 12.9. The molecule has 1 aromatic carbocycles. The first-order valence-corrected chi connectivity index (χ1v) is 13.7. The van der Waals surface area contributed by atoms with Crippen LogP contribution in [0.3, 0.4) is 0 Å². The normalized spacial score (nSPS) is 17.2. The number of carbonyl (C=O) groups excluding carboxylic acids is 2. The highest BCUT2D eigenvalue weighted by Crippen LogP contribution is 2.33. The Labute approximate surface area is 209 Å². The molecule has 9 nitrogen and oxygen atoms in total. The molecule has 1 saturated heterocycles. The molecule has 1 saturated carbocycles. The van der Waals surface area contributed by atoms with Crippen LogP contribution in [0.5, 0.6) is 5.75 Å². The summed E-state index contributed by atoms with van der Waals surface area (Å²) in [5.41, 5.74) is -0.511. The Morgan fingerprint density at radius 1 is 1.08 bits per heavy atom. The maximum absolute atomic E-state index is 12.9. The molecule has 1 N–H and O–H groups in total. The Hall–Kier alpha value is -2.70. The summed E-state index contributed by atoms with van der Waals surface area (Å²) >= 11 is 0. The van der Waals surface area contributed by atoms with Crippen molar-refractivity contribution >= 4 is 27.7 Å². The number of halogens is 3. The van der Waals surface area contributed by atoms with E-state index in [1.54, 1.807) is 6.92 Å². The van der Waals surface area contributed by atoms with Gasteiger partial charge >= 0.3 is 12.5 Å². The lowest BCUT2D eigenvalue weighted by atomic mass is 10.1. The van der Waals surface area contributed by atoms with Gasteiger partial charge in [0.15, 0.2) is 5.75 Å². The van der Waals surface area contributed by atoms with Crippen molar-refractivity contribution in [1.29, 1.82) is 0 Å². The number of amides is 2. The maximum Gasteiger partial charge on any atom is 0.573 e. The fraction of sp³-hybridized carbons (Fsp3) is 0.652. The van der Waals surface area contributed by atoms with Crippen LogP contribution in [0.15, 0.2) is 18.2 Å². The summed E-state index contributed by atoms with van der Waals surface area (Å²) in [6.07, 6.45) is 0.351. The number of rotatable bonds is 9. The first-order chi connectivity index (χ1) is 17.0. The number of nitrogens with one attached hydrogen (secondary N) is 1. The van der Waals surface area contributed by atoms with E-state index in [-0.39, 0.29) is 43.9 Å². The topological polar surface area (TPSA) is 105 Å². The van der Waals surface area contributed by atoms with Gasteiger partial charge in [-0.15, -0.1) is 13.2 Å². The number of anilines is 1. The summed E-state index contributed by atoms with van der Waals surface area (Å²) in [6, 6.07) is 3.17. The van der Waals surface area contributed by atoms with E-state index in [0.29, 0.717) is 12.5 Å². The van der Waals surface area contributed by atoms with Gasteiger partial charge in [-0.05, 0) is 37.0 Å². The predicted octanol–water partition coefficient (Wildman–Crippen LogP) is 4.21. The summed E-state index contributed by atoms with van der Waals surface area (Å²) in [5, 5.41) is 0. The van der Waals surface area contributed by atoms with Crippen LogP contribution in [-0.4, -0.2) is 75.1 Å². The highest BCUT2D eigenvalue weighted by Gasteiger charge is 2.34. The van der Waals surface area contributed by atoms with Gasteiger partial charge in [0.2, 0.25) is 10.0 Å². The molecule has 0 bridgehead atoms. The Kier molecular flexibility index (Phi) is 9.31. The third-order valence-electron chi connectivity index (χ3n) is 6.24. The van der Waals surface area contributed by atoms with Gasteiger partial charge in [0.05, 0.1) is 18.0 Å². The fourth-order valence-corrected chi connectivity index (χ4v) is 5.56. The van der Waals surface area contributed by atoms with Crippen molar-refractivity contribution in [3.8, 4) is 5.75 Å². The predicted molar refractivity (Wildman–Crippen MR) is 126 cm³/mol. The zero-order chi connectivity index (χ0) is 26.3. The van der Waals surface area contributed by atoms with Crippen molar-refractivity contribution in [2.24, 2.45) is 5.92 Å². The van der Waals surface area contributed by atoms with Crippen molar-refractivity contribution in [1.82, 2.24) is 9.80 Å². The van der Waals surface area contributed by atoms with Gasteiger partial charge < -0.3 is 19.3 Å². The molecule has 0 atom stereocenters. The van der Waals surface area contributed by atoms with E-state index >= 15 is 0 Å². The smallest absolute Gasteiger partial charge is 0.449 e. The number of benzene rings is 1. The number of ether oxygens (including phenoxy) is 2. The lowest BCUT2D eigenvalue weighted by molar-refractivity contribution is -0.274. The van der Waals surface area contributed by atoms with E-state index in [2.05, 4.69) is 9.46 Å². The first kappa shape index (κ1) is 27.9. The van der Waals surface area contributed by atoms with Crippen LogP contribution in [0, 0.1) is 5.92 Å². The van der Waals surface area contributed by atoms with E-state index in [4.69, 9.17) is 4.74 Å². The van der Waals surface area contributed by atoms with Crippen LogP contribution in [0.4, 0.5) is 23.7 Å². The molecule has 1 aromatic rings. The SMILES string of the molecule is CCCS(=O)(=O)Nc1ccc(C(=O)N2CCN(C(=O)OCCC3CCCC3)CC2)cc1OC(F)(F)F. The minimum absolute atomic E-state index is 0.0970. The second-order valence-corrected chi connectivity index (χ2v) is 10.9. The van der Waals surface area contributed by atoms with Crippen molar-refractivity contribution < 1.29 is 40.7 Å². The second-order valence-electron chi connectivity index (χ2n) is 9.01. The van der Waals surface area contributed by atoms with Gasteiger partial charge in [-0.2, -0.15) is 0 Å². The average molecular weight is 536 g/mol. The number of alkyl halides is 3. The molecule has 1 aliphatic heterocycles. The summed E-state index contributed by atoms with van der Waals surface area (Å²) in [5.74, 6) is -1.06. The van der Waals surface area contributed by atoms with Crippen LogP contribution >= 0.6 is 0 Å².